The summed E-state index contributed by atoms with van der Waals surface area (Å²) >= 11 is 0. The molecule has 2 aliphatic heterocycles. The van der Waals surface area contributed by atoms with Gasteiger partial charge < -0.3 is 9.74 Å². The Hall–Kier alpha value is -4.59. The summed E-state index contributed by atoms with van der Waals surface area (Å²) in [5, 5.41) is 15.1. The highest BCUT2D eigenvalue weighted by molar-refractivity contribution is 6.44. The van der Waals surface area contributed by atoms with Crippen molar-refractivity contribution in [3.63, 3.8) is 0 Å². The summed E-state index contributed by atoms with van der Waals surface area (Å²) in [5.41, 5.74) is 3.00. The van der Waals surface area contributed by atoms with Crippen molar-refractivity contribution in [2.45, 2.75) is 6.54 Å². The van der Waals surface area contributed by atoms with Gasteiger partial charge in [0.1, 0.15) is 11.3 Å². The van der Waals surface area contributed by atoms with E-state index in [9.17, 15) is 19.7 Å². The van der Waals surface area contributed by atoms with Crippen molar-refractivity contribution >= 4 is 34.5 Å². The lowest BCUT2D eigenvalue weighted by Gasteiger charge is -2.17. The van der Waals surface area contributed by atoms with Crippen molar-refractivity contribution < 1.29 is 19.3 Å². The van der Waals surface area contributed by atoms with Gasteiger partial charge in [0.25, 0.3) is 11.6 Å². The van der Waals surface area contributed by atoms with E-state index < -0.39 is 16.8 Å². The fourth-order valence-electron chi connectivity index (χ4n) is 3.92. The molecule has 0 bridgehead atoms. The van der Waals surface area contributed by atoms with Gasteiger partial charge in [-0.25, -0.2) is 4.79 Å². The zero-order valence-corrected chi connectivity index (χ0v) is 16.6. The highest BCUT2D eigenvalue weighted by Gasteiger charge is 2.40. The second-order valence-corrected chi connectivity index (χ2v) is 7.27. The van der Waals surface area contributed by atoms with Gasteiger partial charge in [-0.15, -0.1) is 0 Å². The molecule has 0 radical (unpaired) electrons. The molecule has 0 spiro atoms. The number of amides is 1. The Morgan fingerprint density at radius 2 is 1.66 bits per heavy atom. The van der Waals surface area contributed by atoms with E-state index in [1.807, 2.05) is 18.2 Å². The van der Waals surface area contributed by atoms with E-state index in [1.165, 1.54) is 17.0 Å². The van der Waals surface area contributed by atoms with Crippen molar-refractivity contribution in [2.75, 3.05) is 4.90 Å². The van der Waals surface area contributed by atoms with Crippen molar-refractivity contribution in [3.8, 4) is 0 Å². The molecule has 156 valence electrons. The van der Waals surface area contributed by atoms with Gasteiger partial charge in [-0.3, -0.25) is 14.9 Å². The minimum atomic E-state index is -0.695. The van der Waals surface area contributed by atoms with Gasteiger partial charge in [-0.05, 0) is 11.6 Å². The lowest BCUT2D eigenvalue weighted by molar-refractivity contribution is -0.384. The Balaban J connectivity index is 1.62. The maximum absolute atomic E-state index is 13.6. The summed E-state index contributed by atoms with van der Waals surface area (Å²) in [5.74, 6) is -1.09. The molecule has 0 saturated carbocycles. The van der Waals surface area contributed by atoms with Crippen LogP contribution in [0.5, 0.6) is 0 Å². The van der Waals surface area contributed by atoms with E-state index in [-0.39, 0.29) is 23.4 Å². The second-order valence-electron chi connectivity index (χ2n) is 7.27. The van der Waals surface area contributed by atoms with E-state index in [0.717, 1.165) is 0 Å². The van der Waals surface area contributed by atoms with E-state index in [4.69, 9.17) is 4.84 Å². The van der Waals surface area contributed by atoms with Crippen LogP contribution in [0, 0.1) is 10.1 Å². The summed E-state index contributed by atoms with van der Waals surface area (Å²) in [6.07, 6.45) is 0. The number of para-hydroxylation sites is 1. The molecule has 2 aliphatic rings. The van der Waals surface area contributed by atoms with Crippen molar-refractivity contribution in [1.82, 2.24) is 0 Å². The highest BCUT2D eigenvalue weighted by Crippen LogP contribution is 2.41. The molecule has 3 aromatic rings. The minimum absolute atomic E-state index is 0.0566. The number of anilines is 1. The number of nitro groups is 1. The standard InChI is InChI=1S/C24H15N3O5/c28-23-20(21-22(25-32-24(21)29)16-8-2-1-3-9-16)18-11-4-5-12-19(18)26(23)14-15-7-6-10-17(13-15)27(30)31/h1-13H,14H2/b21-20-. The van der Waals surface area contributed by atoms with Crippen LogP contribution in [-0.4, -0.2) is 22.5 Å². The molecule has 0 fully saturated rings. The summed E-state index contributed by atoms with van der Waals surface area (Å²) in [7, 11) is 0. The quantitative estimate of drug-likeness (QED) is 0.273. The van der Waals surface area contributed by atoms with Crippen LogP contribution >= 0.6 is 0 Å². The minimum Gasteiger partial charge on any atom is -0.312 e. The predicted molar refractivity (Wildman–Crippen MR) is 117 cm³/mol. The molecular formula is C24H15N3O5. The number of rotatable bonds is 4. The topological polar surface area (TPSA) is 102 Å². The normalized spacial score (nSPS) is 17.2. The van der Waals surface area contributed by atoms with Crippen LogP contribution in [0.3, 0.4) is 0 Å². The average Bonchev–Trinajstić information content (AvgIpc) is 3.31. The fraction of sp³-hybridized carbons (Fsp3) is 0.0417. The van der Waals surface area contributed by atoms with Crippen molar-refractivity contribution in [3.05, 3.63) is 111 Å². The predicted octanol–water partition coefficient (Wildman–Crippen LogP) is 3.86. The number of carbonyl (C=O) groups is 2. The number of carbonyl (C=O) groups excluding carboxylic acids is 2. The van der Waals surface area contributed by atoms with Crippen LogP contribution in [0.2, 0.25) is 0 Å². The molecule has 5 rings (SSSR count). The first-order chi connectivity index (χ1) is 15.5. The lowest BCUT2D eigenvalue weighted by atomic mass is 9.94. The second kappa shape index (κ2) is 7.59. The van der Waals surface area contributed by atoms with E-state index in [2.05, 4.69) is 5.16 Å². The van der Waals surface area contributed by atoms with E-state index in [0.29, 0.717) is 28.1 Å². The van der Waals surface area contributed by atoms with Gasteiger partial charge in [0, 0.05) is 23.3 Å². The summed E-state index contributed by atoms with van der Waals surface area (Å²) < 4.78 is 0. The molecule has 32 heavy (non-hydrogen) atoms. The monoisotopic (exact) mass is 425 g/mol. The number of hydrogen-bond acceptors (Lipinski definition) is 6. The number of benzene rings is 3. The molecule has 0 atom stereocenters. The summed E-state index contributed by atoms with van der Waals surface area (Å²) in [6.45, 7) is 0.112. The first-order valence-electron chi connectivity index (χ1n) is 9.78. The number of oxime groups is 1. The first kappa shape index (κ1) is 19.4. The van der Waals surface area contributed by atoms with Crippen LogP contribution in [0.4, 0.5) is 11.4 Å². The molecule has 0 aliphatic carbocycles. The Kier molecular flexibility index (Phi) is 4.59. The molecule has 3 aromatic carbocycles. The molecule has 0 unspecified atom stereocenters. The van der Waals surface area contributed by atoms with Gasteiger partial charge in [-0.1, -0.05) is 65.8 Å². The highest BCUT2D eigenvalue weighted by atomic mass is 16.7. The van der Waals surface area contributed by atoms with Gasteiger partial charge in [0.2, 0.25) is 0 Å². The number of hydrogen-bond donors (Lipinski definition) is 0. The third-order valence-corrected chi connectivity index (χ3v) is 5.34. The molecule has 0 saturated heterocycles. The van der Waals surface area contributed by atoms with Crippen LogP contribution in [0.25, 0.3) is 5.57 Å². The first-order valence-corrected chi connectivity index (χ1v) is 9.78. The smallest absolute Gasteiger partial charge is 0.312 e. The summed E-state index contributed by atoms with van der Waals surface area (Å²) in [6, 6.07) is 22.3. The molecule has 1 amide bonds. The number of fused-ring (bicyclic) bond motifs is 1. The van der Waals surface area contributed by atoms with Crippen molar-refractivity contribution in [1.29, 1.82) is 0 Å². The van der Waals surface area contributed by atoms with Crippen LogP contribution < -0.4 is 4.90 Å². The molecule has 0 aromatic heterocycles. The Labute approximate surface area is 182 Å². The Morgan fingerprint density at radius 3 is 2.44 bits per heavy atom. The van der Waals surface area contributed by atoms with Crippen molar-refractivity contribution in [2.24, 2.45) is 5.16 Å². The van der Waals surface area contributed by atoms with E-state index >= 15 is 0 Å². The maximum Gasteiger partial charge on any atom is 0.368 e. The van der Waals surface area contributed by atoms with Gasteiger partial charge in [-0.2, -0.15) is 0 Å². The Morgan fingerprint density at radius 1 is 0.906 bits per heavy atom. The zero-order valence-electron chi connectivity index (χ0n) is 16.6. The Bertz CT molecular complexity index is 1340. The maximum atomic E-state index is 13.6. The average molecular weight is 425 g/mol. The van der Waals surface area contributed by atoms with Gasteiger partial charge in [0.05, 0.1) is 22.7 Å². The molecule has 0 N–H and O–H groups in total. The SMILES string of the molecule is O=C1ON=C(c2ccccc2)/C1=C1/C(=O)N(Cc2cccc([N+](=O)[O-])c2)c2ccccc21. The third-order valence-electron chi connectivity index (χ3n) is 5.34. The number of non-ortho nitro benzene ring substituents is 1. The van der Waals surface area contributed by atoms with Gasteiger partial charge >= 0.3 is 5.97 Å². The summed E-state index contributed by atoms with van der Waals surface area (Å²) in [4.78, 5) is 43.3. The molecule has 2 heterocycles. The zero-order chi connectivity index (χ0) is 22.2. The van der Waals surface area contributed by atoms with E-state index in [1.54, 1.807) is 48.5 Å². The molecule has 8 heteroatoms. The van der Waals surface area contributed by atoms with Crippen LogP contribution in [0.15, 0.2) is 89.6 Å². The number of nitrogens with zero attached hydrogens (tertiary/aromatic N) is 3. The van der Waals surface area contributed by atoms with Crippen LogP contribution in [-0.2, 0) is 21.0 Å². The largest absolute Gasteiger partial charge is 0.368 e. The lowest BCUT2D eigenvalue weighted by Crippen LogP contribution is -2.27. The third kappa shape index (κ3) is 3.14. The van der Waals surface area contributed by atoms with Gasteiger partial charge in [0.15, 0.2) is 0 Å². The van der Waals surface area contributed by atoms with Crippen LogP contribution in [0.1, 0.15) is 16.7 Å². The molecular weight excluding hydrogens is 410 g/mol. The fourth-order valence-corrected chi connectivity index (χ4v) is 3.92. The number of nitro benzene ring substituents is 1. The molecule has 8 nitrogen and oxygen atoms in total.